The number of nitrogens with zero attached hydrogens (tertiary/aromatic N) is 3. The van der Waals surface area contributed by atoms with Crippen LogP contribution in [0.1, 0.15) is 58.7 Å². The maximum atomic E-state index is 12.4. The molecule has 1 aliphatic rings. The van der Waals surface area contributed by atoms with Crippen LogP contribution in [0.3, 0.4) is 0 Å². The van der Waals surface area contributed by atoms with E-state index in [4.69, 9.17) is 0 Å². The molecule has 0 unspecified atom stereocenters. The molecule has 2 N–H and O–H groups in total. The molecule has 23 heavy (non-hydrogen) atoms. The Balaban J connectivity index is 2.06. The molecule has 0 radical (unpaired) electrons. The molecule has 1 amide bonds. The Morgan fingerprint density at radius 2 is 2.04 bits per heavy atom. The molecule has 1 aliphatic heterocycles. The monoisotopic (exact) mass is 339 g/mol. The molecule has 7 heteroatoms. The van der Waals surface area contributed by atoms with Crippen molar-refractivity contribution in [1.29, 1.82) is 0 Å². The van der Waals surface area contributed by atoms with Crippen LogP contribution in [0.15, 0.2) is 5.16 Å². The lowest BCUT2D eigenvalue weighted by Gasteiger charge is -2.24. The Morgan fingerprint density at radius 3 is 2.61 bits per heavy atom. The van der Waals surface area contributed by atoms with Gasteiger partial charge in [0.1, 0.15) is 5.82 Å². The molecular formula is C16H29N5OS. The largest absolute Gasteiger partial charge is 0.351 e. The van der Waals surface area contributed by atoms with Crippen molar-refractivity contribution in [2.24, 2.45) is 7.05 Å². The van der Waals surface area contributed by atoms with E-state index in [0.29, 0.717) is 5.92 Å². The van der Waals surface area contributed by atoms with Crippen LogP contribution in [0.4, 0.5) is 0 Å². The summed E-state index contributed by atoms with van der Waals surface area (Å²) in [4.78, 5) is 12.4. The molecule has 0 spiro atoms. The predicted octanol–water partition coefficient (Wildman–Crippen LogP) is 2.07. The minimum absolute atomic E-state index is 0.0661. The van der Waals surface area contributed by atoms with E-state index in [0.717, 1.165) is 43.3 Å². The van der Waals surface area contributed by atoms with Gasteiger partial charge in [0.15, 0.2) is 5.16 Å². The number of aromatic nitrogens is 3. The summed E-state index contributed by atoms with van der Waals surface area (Å²) < 4.78 is 2.06. The van der Waals surface area contributed by atoms with Crippen LogP contribution in [-0.4, -0.2) is 44.6 Å². The molecule has 0 saturated carbocycles. The lowest BCUT2D eigenvalue weighted by molar-refractivity contribution is -0.122. The van der Waals surface area contributed by atoms with E-state index >= 15 is 0 Å². The van der Waals surface area contributed by atoms with Crippen molar-refractivity contribution in [3.05, 3.63) is 5.82 Å². The molecule has 6 nitrogen and oxygen atoms in total. The van der Waals surface area contributed by atoms with E-state index in [1.807, 2.05) is 34.7 Å². The van der Waals surface area contributed by atoms with Crippen LogP contribution < -0.4 is 10.6 Å². The number of thioether (sulfide) groups is 1. The first-order valence-corrected chi connectivity index (χ1v) is 9.28. The third kappa shape index (κ3) is 4.94. The second-order valence-corrected chi connectivity index (χ2v) is 8.35. The van der Waals surface area contributed by atoms with E-state index in [1.54, 1.807) is 0 Å². The first kappa shape index (κ1) is 18.3. The lowest BCUT2D eigenvalue weighted by atomic mass is 9.97. The van der Waals surface area contributed by atoms with Gasteiger partial charge in [-0.25, -0.2) is 0 Å². The lowest BCUT2D eigenvalue weighted by Crippen LogP contribution is -2.44. The first-order chi connectivity index (χ1) is 10.8. The van der Waals surface area contributed by atoms with E-state index in [9.17, 15) is 4.79 Å². The highest BCUT2D eigenvalue weighted by atomic mass is 32.2. The fourth-order valence-electron chi connectivity index (χ4n) is 2.76. The molecule has 0 aliphatic carbocycles. The topological polar surface area (TPSA) is 71.8 Å². The quantitative estimate of drug-likeness (QED) is 0.804. The number of piperidine rings is 1. The number of hydrogen-bond acceptors (Lipinski definition) is 5. The van der Waals surface area contributed by atoms with Crippen LogP contribution in [0.2, 0.25) is 0 Å². The van der Waals surface area contributed by atoms with Gasteiger partial charge in [0.2, 0.25) is 5.91 Å². The fourth-order valence-corrected chi connectivity index (χ4v) is 3.69. The fraction of sp³-hybridized carbons (Fsp3) is 0.812. The van der Waals surface area contributed by atoms with Gasteiger partial charge in [0.05, 0.1) is 5.25 Å². The van der Waals surface area contributed by atoms with Gasteiger partial charge in [-0.05, 0) is 53.1 Å². The van der Waals surface area contributed by atoms with Gasteiger partial charge in [-0.2, -0.15) is 0 Å². The van der Waals surface area contributed by atoms with E-state index in [1.165, 1.54) is 11.8 Å². The average Bonchev–Trinajstić information content (AvgIpc) is 2.84. The zero-order valence-corrected chi connectivity index (χ0v) is 15.7. The van der Waals surface area contributed by atoms with Gasteiger partial charge in [-0.3, -0.25) is 4.79 Å². The Bertz CT molecular complexity index is 531. The van der Waals surface area contributed by atoms with E-state index in [2.05, 4.69) is 25.4 Å². The number of rotatable bonds is 5. The van der Waals surface area contributed by atoms with Crippen LogP contribution >= 0.6 is 11.8 Å². The van der Waals surface area contributed by atoms with Crippen molar-refractivity contribution in [3.8, 4) is 0 Å². The number of nitrogens with one attached hydrogen (secondary N) is 2. The Hall–Kier alpha value is -1.08. The molecule has 1 fully saturated rings. The number of carbonyl (C=O) groups is 1. The summed E-state index contributed by atoms with van der Waals surface area (Å²) in [5, 5.41) is 15.8. The SMILES string of the molecule is CC[C@@H](Sc1nnc(C2CCNCC2)n1C)C(=O)NC(C)(C)C. The summed E-state index contributed by atoms with van der Waals surface area (Å²) in [6, 6.07) is 0. The van der Waals surface area contributed by atoms with Crippen LogP contribution in [0.5, 0.6) is 0 Å². The number of carbonyl (C=O) groups excluding carboxylic acids is 1. The normalized spacial score (nSPS) is 18.0. The van der Waals surface area contributed by atoms with Gasteiger partial charge in [-0.15, -0.1) is 10.2 Å². The highest BCUT2D eigenvalue weighted by molar-refractivity contribution is 8.00. The summed E-state index contributed by atoms with van der Waals surface area (Å²) >= 11 is 1.51. The predicted molar refractivity (Wildman–Crippen MR) is 93.7 cm³/mol. The summed E-state index contributed by atoms with van der Waals surface area (Å²) in [6.45, 7) is 10.1. The summed E-state index contributed by atoms with van der Waals surface area (Å²) in [5.41, 5.74) is -0.217. The van der Waals surface area contributed by atoms with Gasteiger partial charge in [0.25, 0.3) is 0 Å². The standard InChI is InChI=1S/C16H29N5OS/c1-6-12(14(22)18-16(2,3)4)23-15-20-19-13(21(15)5)11-7-9-17-10-8-11/h11-12,17H,6-10H2,1-5H3,(H,18,22)/t12-/m1/s1. The van der Waals surface area contributed by atoms with Crippen molar-refractivity contribution in [3.63, 3.8) is 0 Å². The Labute approximate surface area is 143 Å². The molecule has 130 valence electrons. The van der Waals surface area contributed by atoms with E-state index < -0.39 is 0 Å². The molecule has 2 heterocycles. The van der Waals surface area contributed by atoms with Crippen molar-refractivity contribution < 1.29 is 4.79 Å². The van der Waals surface area contributed by atoms with Gasteiger partial charge < -0.3 is 15.2 Å². The second-order valence-electron chi connectivity index (χ2n) is 7.18. The third-order valence-corrected chi connectivity index (χ3v) is 5.38. The maximum absolute atomic E-state index is 12.4. The zero-order valence-electron chi connectivity index (χ0n) is 14.8. The highest BCUT2D eigenvalue weighted by Gasteiger charge is 2.26. The molecule has 1 aromatic heterocycles. The Kier molecular flexibility index (Phi) is 6.08. The maximum Gasteiger partial charge on any atom is 0.233 e. The van der Waals surface area contributed by atoms with Crippen molar-refractivity contribution >= 4 is 17.7 Å². The minimum atomic E-state index is -0.217. The van der Waals surface area contributed by atoms with Crippen LogP contribution in [0.25, 0.3) is 0 Å². The van der Waals surface area contributed by atoms with Crippen LogP contribution in [-0.2, 0) is 11.8 Å². The van der Waals surface area contributed by atoms with Crippen molar-refractivity contribution in [1.82, 2.24) is 25.4 Å². The third-order valence-electron chi connectivity index (χ3n) is 3.98. The van der Waals surface area contributed by atoms with Crippen molar-refractivity contribution in [2.45, 2.75) is 68.8 Å². The molecule has 0 aromatic carbocycles. The molecule has 0 bridgehead atoms. The van der Waals surface area contributed by atoms with E-state index in [-0.39, 0.29) is 16.7 Å². The average molecular weight is 340 g/mol. The molecule has 1 saturated heterocycles. The van der Waals surface area contributed by atoms with Gasteiger partial charge in [-0.1, -0.05) is 18.7 Å². The van der Waals surface area contributed by atoms with Gasteiger partial charge >= 0.3 is 0 Å². The van der Waals surface area contributed by atoms with Crippen LogP contribution in [0, 0.1) is 0 Å². The zero-order chi connectivity index (χ0) is 17.0. The van der Waals surface area contributed by atoms with Gasteiger partial charge in [0, 0.05) is 18.5 Å². The number of amides is 1. The molecule has 1 aromatic rings. The molecule has 1 atom stereocenters. The first-order valence-electron chi connectivity index (χ1n) is 8.40. The smallest absolute Gasteiger partial charge is 0.233 e. The minimum Gasteiger partial charge on any atom is -0.351 e. The van der Waals surface area contributed by atoms with Crippen molar-refractivity contribution in [2.75, 3.05) is 13.1 Å². The molecular weight excluding hydrogens is 310 g/mol. The summed E-state index contributed by atoms with van der Waals surface area (Å²) in [6.07, 6.45) is 2.96. The summed E-state index contributed by atoms with van der Waals surface area (Å²) in [5.74, 6) is 1.57. The highest BCUT2D eigenvalue weighted by Crippen LogP contribution is 2.29. The Morgan fingerprint density at radius 1 is 1.39 bits per heavy atom. The molecule has 2 rings (SSSR count). The number of hydrogen-bond donors (Lipinski definition) is 2. The summed E-state index contributed by atoms with van der Waals surface area (Å²) in [7, 11) is 2.01. The second kappa shape index (κ2) is 7.66.